The molecule has 1 aromatic heterocycles. The summed E-state index contributed by atoms with van der Waals surface area (Å²) in [5.41, 5.74) is -1.91. The van der Waals surface area contributed by atoms with Gasteiger partial charge in [0.2, 0.25) is 0 Å². The predicted octanol–water partition coefficient (Wildman–Crippen LogP) is 2.71. The van der Waals surface area contributed by atoms with Gasteiger partial charge in [0.15, 0.2) is 5.69 Å². The number of nitrogens with zero attached hydrogens (tertiary/aromatic N) is 2. The molecular weight excluding hydrogens is 355 g/mol. The van der Waals surface area contributed by atoms with E-state index in [0.29, 0.717) is 29.6 Å². The van der Waals surface area contributed by atoms with Crippen molar-refractivity contribution in [2.24, 2.45) is 0 Å². The van der Waals surface area contributed by atoms with Crippen LogP contribution < -0.4 is 5.32 Å². The van der Waals surface area contributed by atoms with Crippen molar-refractivity contribution >= 4 is 17.6 Å². The van der Waals surface area contributed by atoms with Gasteiger partial charge in [0.25, 0.3) is 5.91 Å². The number of carbonyl (C=O) groups is 2. The predicted molar refractivity (Wildman–Crippen MR) is 83.1 cm³/mol. The highest BCUT2D eigenvalue weighted by molar-refractivity contribution is 5.94. The molecule has 1 unspecified atom stereocenters. The van der Waals surface area contributed by atoms with Crippen molar-refractivity contribution in [1.82, 2.24) is 9.78 Å². The van der Waals surface area contributed by atoms with Crippen molar-refractivity contribution in [3.63, 3.8) is 0 Å². The molecule has 2 aromatic rings. The van der Waals surface area contributed by atoms with Gasteiger partial charge in [-0.2, -0.15) is 18.3 Å². The third-order valence-corrected chi connectivity index (χ3v) is 3.87. The van der Waals surface area contributed by atoms with E-state index in [4.69, 9.17) is 9.84 Å². The Bertz CT molecular complexity index is 824. The molecule has 0 saturated carbocycles. The molecule has 10 heteroatoms. The molecule has 0 bridgehead atoms. The first kappa shape index (κ1) is 17.9. The summed E-state index contributed by atoms with van der Waals surface area (Å²) < 4.78 is 45.4. The van der Waals surface area contributed by atoms with E-state index in [1.54, 1.807) is 0 Å². The maximum absolute atomic E-state index is 13.2. The lowest BCUT2D eigenvalue weighted by Gasteiger charge is -2.13. The number of carboxylic acid groups (broad SMARTS) is 1. The summed E-state index contributed by atoms with van der Waals surface area (Å²) in [6.07, 6.45) is -3.36. The fraction of sp³-hybridized carbons (Fsp3) is 0.312. The topological polar surface area (TPSA) is 93.5 Å². The Morgan fingerprint density at radius 3 is 2.50 bits per heavy atom. The SMILES string of the molecule is O=C(O)c1cnn(-c2ccc(NC(=O)C3CCCO3)cc2)c1C(F)(F)F. The Kier molecular flexibility index (Phi) is 4.68. The van der Waals surface area contributed by atoms with Crippen LogP contribution in [-0.4, -0.2) is 39.5 Å². The van der Waals surface area contributed by atoms with Crippen molar-refractivity contribution < 1.29 is 32.6 Å². The Morgan fingerprint density at radius 2 is 1.96 bits per heavy atom. The fourth-order valence-corrected chi connectivity index (χ4v) is 2.67. The van der Waals surface area contributed by atoms with E-state index in [2.05, 4.69) is 10.4 Å². The van der Waals surface area contributed by atoms with Crippen molar-refractivity contribution in [2.75, 3.05) is 11.9 Å². The van der Waals surface area contributed by atoms with Crippen LogP contribution in [0.1, 0.15) is 28.9 Å². The molecule has 1 aliphatic rings. The summed E-state index contributed by atoms with van der Waals surface area (Å²) in [6.45, 7) is 0.516. The molecule has 1 amide bonds. The lowest BCUT2D eigenvalue weighted by atomic mass is 10.2. The molecule has 1 atom stereocenters. The quantitative estimate of drug-likeness (QED) is 0.864. The number of anilines is 1. The standard InChI is InChI=1S/C16H14F3N3O4/c17-16(18,19)13-11(15(24)25)8-20-22(13)10-5-3-9(4-6-10)21-14(23)12-2-1-7-26-12/h3-6,8,12H,1-2,7H2,(H,21,23)(H,24,25). The van der Waals surface area contributed by atoms with E-state index in [1.807, 2.05) is 0 Å². The van der Waals surface area contributed by atoms with Crippen LogP contribution in [0.2, 0.25) is 0 Å². The molecule has 2 N–H and O–H groups in total. The van der Waals surface area contributed by atoms with Crippen molar-refractivity contribution in [3.05, 3.63) is 41.7 Å². The normalized spacial score (nSPS) is 17.3. The van der Waals surface area contributed by atoms with Crippen molar-refractivity contribution in [3.8, 4) is 5.69 Å². The highest BCUT2D eigenvalue weighted by atomic mass is 19.4. The van der Waals surface area contributed by atoms with Gasteiger partial charge < -0.3 is 15.2 Å². The van der Waals surface area contributed by atoms with Gasteiger partial charge in [0.05, 0.1) is 11.9 Å². The molecule has 0 spiro atoms. The molecule has 1 aliphatic heterocycles. The number of benzene rings is 1. The van der Waals surface area contributed by atoms with Crippen LogP contribution >= 0.6 is 0 Å². The zero-order valence-electron chi connectivity index (χ0n) is 13.3. The second-order valence-electron chi connectivity index (χ2n) is 5.66. The fourth-order valence-electron chi connectivity index (χ4n) is 2.67. The first-order valence-corrected chi connectivity index (χ1v) is 7.69. The van der Waals surface area contributed by atoms with Crippen LogP contribution in [-0.2, 0) is 15.7 Å². The number of halogens is 3. The van der Waals surface area contributed by atoms with E-state index in [-0.39, 0.29) is 11.6 Å². The minimum Gasteiger partial charge on any atom is -0.478 e. The molecular formula is C16H14F3N3O4. The van der Waals surface area contributed by atoms with E-state index in [9.17, 15) is 22.8 Å². The van der Waals surface area contributed by atoms with Gasteiger partial charge in [-0.1, -0.05) is 0 Å². The maximum Gasteiger partial charge on any atom is 0.434 e. The number of hydrogen-bond donors (Lipinski definition) is 2. The minimum atomic E-state index is -4.89. The van der Waals surface area contributed by atoms with Crippen LogP contribution in [0.3, 0.4) is 0 Å². The maximum atomic E-state index is 13.2. The first-order chi connectivity index (χ1) is 12.3. The van der Waals surface area contributed by atoms with E-state index >= 15 is 0 Å². The number of ether oxygens (including phenoxy) is 1. The summed E-state index contributed by atoms with van der Waals surface area (Å²) in [4.78, 5) is 23.0. The van der Waals surface area contributed by atoms with Gasteiger partial charge in [0.1, 0.15) is 11.7 Å². The molecule has 1 fully saturated rings. The number of nitrogens with one attached hydrogen (secondary N) is 1. The summed E-state index contributed by atoms with van der Waals surface area (Å²) >= 11 is 0. The summed E-state index contributed by atoms with van der Waals surface area (Å²) in [5, 5.41) is 15.1. The van der Waals surface area contributed by atoms with Crippen molar-refractivity contribution in [2.45, 2.75) is 25.1 Å². The largest absolute Gasteiger partial charge is 0.478 e. The number of hydrogen-bond acceptors (Lipinski definition) is 4. The van der Waals surface area contributed by atoms with Gasteiger partial charge in [-0.15, -0.1) is 0 Å². The number of aromatic nitrogens is 2. The van der Waals surface area contributed by atoms with Gasteiger partial charge in [-0.3, -0.25) is 4.79 Å². The van der Waals surface area contributed by atoms with E-state index < -0.39 is 29.5 Å². The highest BCUT2D eigenvalue weighted by Gasteiger charge is 2.40. The third kappa shape index (κ3) is 3.54. The summed E-state index contributed by atoms with van der Waals surface area (Å²) in [6, 6.07) is 5.42. The minimum absolute atomic E-state index is 0.0138. The van der Waals surface area contributed by atoms with Crippen LogP contribution in [0, 0.1) is 0 Å². The second kappa shape index (κ2) is 6.79. The lowest BCUT2D eigenvalue weighted by Crippen LogP contribution is -2.26. The zero-order valence-corrected chi connectivity index (χ0v) is 13.3. The lowest BCUT2D eigenvalue weighted by molar-refractivity contribution is -0.143. The molecule has 0 radical (unpaired) electrons. The van der Waals surface area contributed by atoms with Gasteiger partial charge in [-0.05, 0) is 37.1 Å². The smallest absolute Gasteiger partial charge is 0.434 e. The Morgan fingerprint density at radius 1 is 1.27 bits per heavy atom. The van der Waals surface area contributed by atoms with Crippen LogP contribution in [0.15, 0.2) is 30.5 Å². The zero-order chi connectivity index (χ0) is 18.9. The Labute approximate surface area is 145 Å². The van der Waals surface area contributed by atoms with Crippen LogP contribution in [0.25, 0.3) is 5.69 Å². The van der Waals surface area contributed by atoms with E-state index in [0.717, 1.165) is 6.42 Å². The highest BCUT2D eigenvalue weighted by Crippen LogP contribution is 2.33. The van der Waals surface area contributed by atoms with Crippen LogP contribution in [0.5, 0.6) is 0 Å². The van der Waals surface area contributed by atoms with Gasteiger partial charge in [-0.25, -0.2) is 9.48 Å². The molecule has 1 aromatic carbocycles. The average Bonchev–Trinajstić information content (AvgIpc) is 3.25. The summed E-state index contributed by atoms with van der Waals surface area (Å²) in [7, 11) is 0. The summed E-state index contributed by atoms with van der Waals surface area (Å²) in [5.74, 6) is -2.04. The van der Waals surface area contributed by atoms with Gasteiger partial charge >= 0.3 is 12.1 Å². The van der Waals surface area contributed by atoms with Crippen molar-refractivity contribution in [1.29, 1.82) is 0 Å². The number of rotatable bonds is 4. The third-order valence-electron chi connectivity index (χ3n) is 3.87. The second-order valence-corrected chi connectivity index (χ2v) is 5.66. The Balaban J connectivity index is 1.85. The number of carboxylic acids is 1. The number of amides is 1. The Hall–Kier alpha value is -2.88. The molecule has 7 nitrogen and oxygen atoms in total. The molecule has 1 saturated heterocycles. The molecule has 0 aliphatic carbocycles. The van der Waals surface area contributed by atoms with E-state index in [1.165, 1.54) is 24.3 Å². The molecule has 2 heterocycles. The molecule has 138 valence electrons. The molecule has 3 rings (SSSR count). The molecule has 26 heavy (non-hydrogen) atoms. The monoisotopic (exact) mass is 369 g/mol. The number of carbonyl (C=O) groups excluding carboxylic acids is 1. The van der Waals surface area contributed by atoms with Crippen LogP contribution in [0.4, 0.5) is 18.9 Å². The first-order valence-electron chi connectivity index (χ1n) is 7.69. The number of aromatic carboxylic acids is 1. The average molecular weight is 369 g/mol. The van der Waals surface area contributed by atoms with Gasteiger partial charge in [0, 0.05) is 12.3 Å². The number of alkyl halides is 3.